The number of aromatic hydroxyl groups is 1. The van der Waals surface area contributed by atoms with Crippen LogP contribution in [-0.2, 0) is 6.54 Å². The van der Waals surface area contributed by atoms with Crippen molar-refractivity contribution < 1.29 is 5.11 Å². The summed E-state index contributed by atoms with van der Waals surface area (Å²) < 4.78 is 0.918. The van der Waals surface area contributed by atoms with Crippen molar-refractivity contribution in [2.24, 2.45) is 4.99 Å². The lowest BCUT2D eigenvalue weighted by molar-refractivity contribution is 0.296. The third kappa shape index (κ3) is 4.68. The molecule has 3 nitrogen and oxygen atoms in total. The first kappa shape index (κ1) is 16.7. The number of rotatable bonds is 6. The number of nitrogens with zero attached hydrogens (tertiary/aromatic N) is 2. The number of phenolic OH excluding ortho intramolecular Hbond substituents is 1. The standard InChI is InChI=1S/C18H21BrN2O/c1-3-21(4-2)13-14-5-8-17(9-6-14)20-12-15-11-16(19)7-10-18(15)22/h5-12,22H,3-4,13H2,1-2H3. The van der Waals surface area contributed by atoms with Gasteiger partial charge in [0.2, 0.25) is 0 Å². The Balaban J connectivity index is 2.07. The van der Waals surface area contributed by atoms with E-state index in [2.05, 4.69) is 51.8 Å². The number of hydrogen-bond donors (Lipinski definition) is 1. The maximum Gasteiger partial charge on any atom is 0.124 e. The van der Waals surface area contributed by atoms with Crippen LogP contribution in [0.3, 0.4) is 0 Å². The number of phenols is 1. The SMILES string of the molecule is CCN(CC)Cc1ccc(N=Cc2cc(Br)ccc2O)cc1. The second kappa shape index (κ2) is 8.11. The van der Waals surface area contributed by atoms with Gasteiger partial charge in [0.1, 0.15) is 5.75 Å². The Morgan fingerprint density at radius 1 is 1.09 bits per heavy atom. The van der Waals surface area contributed by atoms with E-state index in [9.17, 15) is 5.11 Å². The zero-order valence-electron chi connectivity index (χ0n) is 13.0. The quantitative estimate of drug-likeness (QED) is 0.754. The Morgan fingerprint density at radius 3 is 2.41 bits per heavy atom. The third-order valence-electron chi connectivity index (χ3n) is 3.58. The van der Waals surface area contributed by atoms with Crippen LogP contribution >= 0.6 is 15.9 Å². The van der Waals surface area contributed by atoms with Gasteiger partial charge in [-0.05, 0) is 49.0 Å². The van der Waals surface area contributed by atoms with E-state index in [1.165, 1.54) is 5.56 Å². The van der Waals surface area contributed by atoms with Crippen LogP contribution < -0.4 is 0 Å². The lowest BCUT2D eigenvalue weighted by atomic mass is 10.2. The molecule has 0 saturated heterocycles. The van der Waals surface area contributed by atoms with Crippen molar-refractivity contribution in [1.29, 1.82) is 0 Å². The second-order valence-corrected chi connectivity index (χ2v) is 6.00. The summed E-state index contributed by atoms with van der Waals surface area (Å²) >= 11 is 3.39. The highest BCUT2D eigenvalue weighted by Crippen LogP contribution is 2.21. The second-order valence-electron chi connectivity index (χ2n) is 5.09. The molecule has 0 radical (unpaired) electrons. The van der Waals surface area contributed by atoms with Crippen LogP contribution in [0.4, 0.5) is 5.69 Å². The molecular weight excluding hydrogens is 340 g/mol. The van der Waals surface area contributed by atoms with E-state index in [1.807, 2.05) is 18.2 Å². The number of halogens is 1. The Morgan fingerprint density at radius 2 is 1.77 bits per heavy atom. The zero-order valence-corrected chi connectivity index (χ0v) is 14.5. The fraction of sp³-hybridized carbons (Fsp3) is 0.278. The topological polar surface area (TPSA) is 35.8 Å². The molecule has 0 atom stereocenters. The summed E-state index contributed by atoms with van der Waals surface area (Å²) in [6.07, 6.45) is 1.68. The molecule has 2 aromatic rings. The highest BCUT2D eigenvalue weighted by atomic mass is 79.9. The van der Waals surface area contributed by atoms with Gasteiger partial charge in [-0.3, -0.25) is 9.89 Å². The van der Waals surface area contributed by atoms with E-state index in [0.29, 0.717) is 5.56 Å². The smallest absolute Gasteiger partial charge is 0.124 e. The van der Waals surface area contributed by atoms with Crippen LogP contribution in [-0.4, -0.2) is 29.3 Å². The van der Waals surface area contributed by atoms with Crippen molar-refractivity contribution in [3.63, 3.8) is 0 Å². The molecule has 0 spiro atoms. The molecule has 22 heavy (non-hydrogen) atoms. The van der Waals surface area contributed by atoms with Crippen LogP contribution in [0.2, 0.25) is 0 Å². The van der Waals surface area contributed by atoms with Crippen molar-refractivity contribution >= 4 is 27.8 Å². The molecule has 0 aliphatic rings. The van der Waals surface area contributed by atoms with Gasteiger partial charge in [0, 0.05) is 22.8 Å². The first-order valence-corrected chi connectivity index (χ1v) is 8.25. The largest absolute Gasteiger partial charge is 0.507 e. The van der Waals surface area contributed by atoms with E-state index < -0.39 is 0 Å². The first-order chi connectivity index (χ1) is 10.6. The Kier molecular flexibility index (Phi) is 6.16. The summed E-state index contributed by atoms with van der Waals surface area (Å²) in [7, 11) is 0. The summed E-state index contributed by atoms with van der Waals surface area (Å²) in [6, 6.07) is 13.5. The van der Waals surface area contributed by atoms with E-state index in [4.69, 9.17) is 0 Å². The van der Waals surface area contributed by atoms with E-state index in [0.717, 1.165) is 29.8 Å². The van der Waals surface area contributed by atoms with Gasteiger partial charge >= 0.3 is 0 Å². The average Bonchev–Trinajstić information content (AvgIpc) is 2.54. The molecule has 2 rings (SSSR count). The summed E-state index contributed by atoms with van der Waals surface area (Å²) in [5, 5.41) is 9.79. The predicted molar refractivity (Wildman–Crippen MR) is 96.1 cm³/mol. The van der Waals surface area contributed by atoms with Crippen molar-refractivity contribution in [2.75, 3.05) is 13.1 Å². The molecule has 0 heterocycles. The van der Waals surface area contributed by atoms with Gasteiger partial charge in [-0.2, -0.15) is 0 Å². The summed E-state index contributed by atoms with van der Waals surface area (Å²) in [5.41, 5.74) is 2.86. The minimum absolute atomic E-state index is 0.227. The van der Waals surface area contributed by atoms with Crippen LogP contribution in [0, 0.1) is 0 Å². The molecule has 0 bridgehead atoms. The van der Waals surface area contributed by atoms with Crippen molar-refractivity contribution in [1.82, 2.24) is 4.90 Å². The maximum absolute atomic E-state index is 9.79. The van der Waals surface area contributed by atoms with E-state index in [1.54, 1.807) is 18.3 Å². The van der Waals surface area contributed by atoms with Gasteiger partial charge < -0.3 is 5.11 Å². The van der Waals surface area contributed by atoms with E-state index in [-0.39, 0.29) is 5.75 Å². The summed E-state index contributed by atoms with van der Waals surface area (Å²) in [6.45, 7) is 7.42. The van der Waals surface area contributed by atoms with Gasteiger partial charge in [0.25, 0.3) is 0 Å². The van der Waals surface area contributed by atoms with Crippen LogP contribution in [0.5, 0.6) is 5.75 Å². The van der Waals surface area contributed by atoms with Gasteiger partial charge in [0.15, 0.2) is 0 Å². The minimum Gasteiger partial charge on any atom is -0.507 e. The van der Waals surface area contributed by atoms with Crippen LogP contribution in [0.25, 0.3) is 0 Å². The van der Waals surface area contributed by atoms with Gasteiger partial charge in [-0.1, -0.05) is 41.9 Å². The molecule has 116 valence electrons. The molecule has 0 aromatic heterocycles. The molecule has 1 N–H and O–H groups in total. The first-order valence-electron chi connectivity index (χ1n) is 7.46. The van der Waals surface area contributed by atoms with Crippen molar-refractivity contribution in [3.05, 3.63) is 58.1 Å². The third-order valence-corrected chi connectivity index (χ3v) is 4.07. The Hall–Kier alpha value is -1.65. The Labute approximate surface area is 140 Å². The molecular formula is C18H21BrN2O. The predicted octanol–water partition coefficient (Wildman–Crippen LogP) is 4.75. The highest BCUT2D eigenvalue weighted by molar-refractivity contribution is 9.10. The van der Waals surface area contributed by atoms with E-state index >= 15 is 0 Å². The highest BCUT2D eigenvalue weighted by Gasteiger charge is 2.01. The van der Waals surface area contributed by atoms with Gasteiger partial charge in [-0.25, -0.2) is 0 Å². The molecule has 0 amide bonds. The molecule has 0 unspecified atom stereocenters. The minimum atomic E-state index is 0.227. The fourth-order valence-electron chi connectivity index (χ4n) is 2.17. The maximum atomic E-state index is 9.79. The normalized spacial score (nSPS) is 11.5. The van der Waals surface area contributed by atoms with Crippen LogP contribution in [0.1, 0.15) is 25.0 Å². The Bertz CT molecular complexity index is 634. The summed E-state index contributed by atoms with van der Waals surface area (Å²) in [5.74, 6) is 0.227. The van der Waals surface area contributed by atoms with Crippen LogP contribution in [0.15, 0.2) is 51.9 Å². The monoisotopic (exact) mass is 360 g/mol. The number of aliphatic imine (C=N–C) groups is 1. The lowest BCUT2D eigenvalue weighted by Gasteiger charge is -2.17. The van der Waals surface area contributed by atoms with Crippen molar-refractivity contribution in [3.8, 4) is 5.75 Å². The van der Waals surface area contributed by atoms with Crippen molar-refractivity contribution in [2.45, 2.75) is 20.4 Å². The molecule has 0 saturated carbocycles. The average molecular weight is 361 g/mol. The fourth-order valence-corrected chi connectivity index (χ4v) is 2.54. The summed E-state index contributed by atoms with van der Waals surface area (Å²) in [4.78, 5) is 6.79. The zero-order chi connectivity index (χ0) is 15.9. The molecule has 4 heteroatoms. The molecule has 0 fully saturated rings. The number of benzene rings is 2. The number of hydrogen-bond acceptors (Lipinski definition) is 3. The molecule has 2 aromatic carbocycles. The lowest BCUT2D eigenvalue weighted by Crippen LogP contribution is -2.21. The van der Waals surface area contributed by atoms with Gasteiger partial charge in [-0.15, -0.1) is 0 Å². The molecule has 0 aliphatic heterocycles. The van der Waals surface area contributed by atoms with Gasteiger partial charge in [0.05, 0.1) is 5.69 Å². The molecule has 0 aliphatic carbocycles.